The lowest BCUT2D eigenvalue weighted by atomic mass is 10.1. The van der Waals surface area contributed by atoms with E-state index in [0.717, 1.165) is 17.1 Å². The van der Waals surface area contributed by atoms with E-state index in [1.165, 1.54) is 11.1 Å². The minimum Gasteiger partial charge on any atom is -0.348 e. The van der Waals surface area contributed by atoms with E-state index < -0.39 is 0 Å². The first-order valence-electron chi connectivity index (χ1n) is 8.64. The van der Waals surface area contributed by atoms with Crippen LogP contribution < -0.4 is 5.09 Å². The van der Waals surface area contributed by atoms with Crippen LogP contribution in [-0.4, -0.2) is 17.2 Å². The first-order valence-corrected chi connectivity index (χ1v) is 10.1. The van der Waals surface area contributed by atoms with Crippen molar-refractivity contribution in [2.75, 3.05) is 0 Å². The smallest absolute Gasteiger partial charge is 0.137 e. The summed E-state index contributed by atoms with van der Waals surface area (Å²) in [5, 5.41) is 3.77. The SMILES string of the molecule is Cc1cc(C)cc(/N=C(/NP(C(C)C)C(C)C)c2ccccc2)c1. The molecule has 0 saturated carbocycles. The summed E-state index contributed by atoms with van der Waals surface area (Å²) >= 11 is 0. The minimum atomic E-state index is -0.334. The summed E-state index contributed by atoms with van der Waals surface area (Å²) in [6, 6.07) is 16.9. The van der Waals surface area contributed by atoms with Crippen molar-refractivity contribution in [2.45, 2.75) is 52.9 Å². The maximum atomic E-state index is 4.98. The van der Waals surface area contributed by atoms with Crippen molar-refractivity contribution in [1.82, 2.24) is 5.09 Å². The molecular weight excluding hydrogens is 311 g/mol. The van der Waals surface area contributed by atoms with Crippen LogP contribution in [0.2, 0.25) is 0 Å². The van der Waals surface area contributed by atoms with Gasteiger partial charge in [0.25, 0.3) is 0 Å². The normalized spacial score (nSPS) is 12.3. The van der Waals surface area contributed by atoms with Crippen molar-refractivity contribution >= 4 is 19.6 Å². The van der Waals surface area contributed by atoms with Gasteiger partial charge in [0, 0.05) is 5.56 Å². The first kappa shape index (κ1) is 18.7. The van der Waals surface area contributed by atoms with Crippen LogP contribution in [0.5, 0.6) is 0 Å². The van der Waals surface area contributed by atoms with E-state index in [-0.39, 0.29) is 8.07 Å². The zero-order valence-corrected chi connectivity index (χ0v) is 16.6. The predicted molar refractivity (Wildman–Crippen MR) is 109 cm³/mol. The van der Waals surface area contributed by atoms with E-state index in [0.29, 0.717) is 11.3 Å². The summed E-state index contributed by atoms with van der Waals surface area (Å²) in [4.78, 5) is 4.98. The van der Waals surface area contributed by atoms with Crippen LogP contribution in [0, 0.1) is 13.8 Å². The molecule has 128 valence electrons. The van der Waals surface area contributed by atoms with Crippen molar-refractivity contribution in [1.29, 1.82) is 0 Å². The lowest BCUT2D eigenvalue weighted by Gasteiger charge is -2.28. The molecule has 0 atom stereocenters. The molecule has 2 aromatic carbocycles. The fraction of sp³-hybridized carbons (Fsp3) is 0.381. The Kier molecular flexibility index (Phi) is 6.57. The molecule has 0 radical (unpaired) electrons. The lowest BCUT2D eigenvalue weighted by molar-refractivity contribution is 0.990. The number of nitrogens with zero attached hydrogens (tertiary/aromatic N) is 1. The number of benzene rings is 2. The molecule has 0 aliphatic carbocycles. The molecule has 24 heavy (non-hydrogen) atoms. The van der Waals surface area contributed by atoms with Gasteiger partial charge in [-0.3, -0.25) is 0 Å². The second-order valence-corrected chi connectivity index (χ2v) is 9.98. The Morgan fingerprint density at radius 2 is 1.42 bits per heavy atom. The molecule has 0 aromatic heterocycles. The Hall–Kier alpha value is -1.66. The maximum Gasteiger partial charge on any atom is 0.137 e. The monoisotopic (exact) mass is 340 g/mol. The third-order valence-electron chi connectivity index (χ3n) is 3.84. The van der Waals surface area contributed by atoms with Crippen LogP contribution in [0.1, 0.15) is 44.4 Å². The first-order chi connectivity index (χ1) is 11.4. The van der Waals surface area contributed by atoms with Gasteiger partial charge in [0.05, 0.1) is 5.69 Å². The number of hydrogen-bond acceptors (Lipinski definition) is 1. The Labute approximate surface area is 148 Å². The molecule has 0 spiro atoms. The van der Waals surface area contributed by atoms with Crippen LogP contribution >= 0.6 is 8.07 Å². The number of aliphatic imine (C=N–C) groups is 1. The predicted octanol–water partition coefficient (Wildman–Crippen LogP) is 6.19. The maximum absolute atomic E-state index is 4.98. The summed E-state index contributed by atoms with van der Waals surface area (Å²) in [5.41, 5.74) is 5.86. The largest absolute Gasteiger partial charge is 0.348 e. The standard InChI is InChI=1S/C21H29N2P/c1-15(2)24(16(3)4)23-21(19-10-8-7-9-11-19)22-20-13-17(5)12-18(6)14-20/h7-16H,1-6H3,(H,22,23). The minimum absolute atomic E-state index is 0.334. The second kappa shape index (κ2) is 8.44. The summed E-state index contributed by atoms with van der Waals surface area (Å²) in [7, 11) is -0.334. The molecule has 0 saturated heterocycles. The quantitative estimate of drug-likeness (QED) is 0.392. The Morgan fingerprint density at radius 3 is 1.92 bits per heavy atom. The van der Waals surface area contributed by atoms with Crippen LogP contribution in [0.3, 0.4) is 0 Å². The topological polar surface area (TPSA) is 24.4 Å². The van der Waals surface area contributed by atoms with Gasteiger partial charge in [0.15, 0.2) is 0 Å². The number of aryl methyl sites for hydroxylation is 2. The van der Waals surface area contributed by atoms with Gasteiger partial charge in [-0.25, -0.2) is 4.99 Å². The highest BCUT2D eigenvalue weighted by Gasteiger charge is 2.19. The molecule has 2 aromatic rings. The third-order valence-corrected chi connectivity index (χ3v) is 6.54. The van der Waals surface area contributed by atoms with Crippen LogP contribution in [0.25, 0.3) is 0 Å². The second-order valence-electron chi connectivity index (χ2n) is 6.88. The fourth-order valence-electron chi connectivity index (χ4n) is 2.87. The van der Waals surface area contributed by atoms with E-state index in [1.807, 2.05) is 6.07 Å². The molecule has 2 rings (SSSR count). The summed E-state index contributed by atoms with van der Waals surface area (Å²) in [6.07, 6.45) is 0. The van der Waals surface area contributed by atoms with E-state index in [4.69, 9.17) is 4.99 Å². The van der Waals surface area contributed by atoms with E-state index in [9.17, 15) is 0 Å². The number of rotatable bonds is 5. The van der Waals surface area contributed by atoms with Gasteiger partial charge in [-0.1, -0.05) is 64.1 Å². The van der Waals surface area contributed by atoms with Gasteiger partial charge in [-0.15, -0.1) is 0 Å². The van der Waals surface area contributed by atoms with Crippen LogP contribution in [0.15, 0.2) is 53.5 Å². The van der Waals surface area contributed by atoms with Gasteiger partial charge >= 0.3 is 0 Å². The fourth-order valence-corrected chi connectivity index (χ4v) is 5.00. The summed E-state index contributed by atoms with van der Waals surface area (Å²) < 4.78 is 0. The highest BCUT2D eigenvalue weighted by atomic mass is 31.1. The van der Waals surface area contributed by atoms with Gasteiger partial charge in [0.1, 0.15) is 5.84 Å². The third kappa shape index (κ3) is 5.18. The Balaban J connectivity index is 2.45. The van der Waals surface area contributed by atoms with Crippen molar-refractivity contribution in [2.24, 2.45) is 4.99 Å². The average Bonchev–Trinajstić information content (AvgIpc) is 2.50. The van der Waals surface area contributed by atoms with Crippen molar-refractivity contribution in [3.8, 4) is 0 Å². The zero-order valence-electron chi connectivity index (χ0n) is 15.7. The molecule has 1 N–H and O–H groups in total. The number of nitrogens with one attached hydrogen (secondary N) is 1. The zero-order chi connectivity index (χ0) is 17.7. The Bertz CT molecular complexity index is 662. The molecule has 0 aliphatic heterocycles. The Morgan fingerprint density at radius 1 is 0.875 bits per heavy atom. The van der Waals surface area contributed by atoms with Crippen LogP contribution in [-0.2, 0) is 0 Å². The average molecular weight is 340 g/mol. The highest BCUT2D eigenvalue weighted by Crippen LogP contribution is 2.42. The molecule has 0 unspecified atom stereocenters. The number of amidine groups is 1. The van der Waals surface area contributed by atoms with Gasteiger partial charge in [0.2, 0.25) is 0 Å². The summed E-state index contributed by atoms with van der Waals surface area (Å²) in [6.45, 7) is 13.4. The van der Waals surface area contributed by atoms with Gasteiger partial charge in [-0.05, 0) is 56.5 Å². The van der Waals surface area contributed by atoms with Crippen molar-refractivity contribution in [3.63, 3.8) is 0 Å². The van der Waals surface area contributed by atoms with Crippen LogP contribution in [0.4, 0.5) is 5.69 Å². The van der Waals surface area contributed by atoms with Crippen molar-refractivity contribution in [3.05, 3.63) is 65.2 Å². The van der Waals surface area contributed by atoms with Gasteiger partial charge < -0.3 is 5.09 Å². The molecule has 0 heterocycles. The molecule has 0 bridgehead atoms. The number of hydrogen-bond donors (Lipinski definition) is 1. The lowest BCUT2D eigenvalue weighted by Crippen LogP contribution is -2.26. The molecular formula is C21H29N2P. The van der Waals surface area contributed by atoms with Crippen molar-refractivity contribution < 1.29 is 0 Å². The van der Waals surface area contributed by atoms with Gasteiger partial charge in [-0.2, -0.15) is 0 Å². The molecule has 0 fully saturated rings. The molecule has 2 nitrogen and oxygen atoms in total. The highest BCUT2D eigenvalue weighted by molar-refractivity contribution is 7.57. The van der Waals surface area contributed by atoms with E-state index >= 15 is 0 Å². The summed E-state index contributed by atoms with van der Waals surface area (Å²) in [5.74, 6) is 0.981. The van der Waals surface area contributed by atoms with E-state index in [1.54, 1.807) is 0 Å². The molecule has 0 aliphatic rings. The molecule has 3 heteroatoms. The molecule has 0 amide bonds. The van der Waals surface area contributed by atoms with E-state index in [2.05, 4.69) is 89.1 Å².